The molecule has 18 heavy (non-hydrogen) atoms. The molecule has 0 unspecified atom stereocenters. The zero-order chi connectivity index (χ0) is 12.5. The van der Waals surface area contributed by atoms with Crippen molar-refractivity contribution >= 4 is 0 Å². The first kappa shape index (κ1) is 14.3. The fourth-order valence-corrected chi connectivity index (χ4v) is 3.42. The van der Waals surface area contributed by atoms with Gasteiger partial charge in [0.25, 0.3) is 0 Å². The third-order valence-corrected chi connectivity index (χ3v) is 4.61. The van der Waals surface area contributed by atoms with Crippen molar-refractivity contribution in [2.24, 2.45) is 5.92 Å². The summed E-state index contributed by atoms with van der Waals surface area (Å²) < 4.78 is 5.83. The minimum absolute atomic E-state index is 0.769. The molecule has 2 saturated carbocycles. The van der Waals surface area contributed by atoms with Crippen molar-refractivity contribution in [3.8, 4) is 0 Å². The number of hydrogen-bond acceptors (Lipinski definition) is 2. The largest absolute Gasteiger partial charge is 0.380 e. The van der Waals surface area contributed by atoms with Gasteiger partial charge in [-0.1, -0.05) is 44.9 Å². The standard InChI is InChI=1S/C16H31NO/c1-2-7-11-16(10-6-1)17-12-13-18-14-15-8-4-3-5-9-15/h15-17H,1-14H2. The van der Waals surface area contributed by atoms with Crippen LogP contribution in [0, 0.1) is 5.92 Å². The molecule has 2 aliphatic carbocycles. The quantitative estimate of drug-likeness (QED) is 0.572. The molecular weight excluding hydrogens is 222 g/mol. The van der Waals surface area contributed by atoms with Crippen LogP contribution < -0.4 is 5.32 Å². The van der Waals surface area contributed by atoms with Crippen LogP contribution in [0.25, 0.3) is 0 Å². The first-order chi connectivity index (χ1) is 8.95. The van der Waals surface area contributed by atoms with Gasteiger partial charge in [0.1, 0.15) is 0 Å². The van der Waals surface area contributed by atoms with Crippen LogP contribution >= 0.6 is 0 Å². The lowest BCUT2D eigenvalue weighted by Crippen LogP contribution is -2.31. The molecule has 2 aliphatic rings. The summed E-state index contributed by atoms with van der Waals surface area (Å²) in [6, 6.07) is 0.769. The molecule has 2 heteroatoms. The highest BCUT2D eigenvalue weighted by molar-refractivity contribution is 4.70. The SMILES string of the molecule is C1CCC(COCCNC2CCCCCC2)CC1. The first-order valence-corrected chi connectivity index (χ1v) is 8.26. The second-order valence-electron chi connectivity index (χ2n) is 6.22. The van der Waals surface area contributed by atoms with Crippen molar-refractivity contribution in [3.63, 3.8) is 0 Å². The molecule has 106 valence electrons. The monoisotopic (exact) mass is 253 g/mol. The van der Waals surface area contributed by atoms with Crippen LogP contribution in [0.4, 0.5) is 0 Å². The zero-order valence-corrected chi connectivity index (χ0v) is 12.0. The molecule has 2 nitrogen and oxygen atoms in total. The highest BCUT2D eigenvalue weighted by Gasteiger charge is 2.13. The zero-order valence-electron chi connectivity index (χ0n) is 12.0. The van der Waals surface area contributed by atoms with Crippen molar-refractivity contribution in [2.75, 3.05) is 19.8 Å². The van der Waals surface area contributed by atoms with Crippen LogP contribution in [0.1, 0.15) is 70.6 Å². The van der Waals surface area contributed by atoms with E-state index in [1.54, 1.807) is 0 Å². The van der Waals surface area contributed by atoms with E-state index >= 15 is 0 Å². The van der Waals surface area contributed by atoms with Gasteiger partial charge in [0.2, 0.25) is 0 Å². The maximum atomic E-state index is 5.83. The second kappa shape index (κ2) is 8.92. The van der Waals surface area contributed by atoms with E-state index in [-0.39, 0.29) is 0 Å². The lowest BCUT2D eigenvalue weighted by atomic mass is 9.90. The molecule has 0 aromatic heterocycles. The average molecular weight is 253 g/mol. The Kier molecular flexibility index (Phi) is 7.11. The normalized spacial score (nSPS) is 24.0. The molecule has 2 rings (SSSR count). The molecule has 2 fully saturated rings. The summed E-state index contributed by atoms with van der Waals surface area (Å²) in [7, 11) is 0. The van der Waals surface area contributed by atoms with E-state index in [1.807, 2.05) is 0 Å². The molecule has 0 atom stereocenters. The van der Waals surface area contributed by atoms with Gasteiger partial charge in [-0.05, 0) is 31.6 Å². The number of hydrogen-bond donors (Lipinski definition) is 1. The molecule has 0 amide bonds. The lowest BCUT2D eigenvalue weighted by molar-refractivity contribution is 0.0853. The summed E-state index contributed by atoms with van der Waals surface area (Å²) in [5.74, 6) is 0.858. The molecule has 0 heterocycles. The smallest absolute Gasteiger partial charge is 0.0591 e. The summed E-state index contributed by atoms with van der Waals surface area (Å²) in [4.78, 5) is 0. The van der Waals surface area contributed by atoms with Gasteiger partial charge in [-0.3, -0.25) is 0 Å². The topological polar surface area (TPSA) is 21.3 Å². The predicted molar refractivity (Wildman–Crippen MR) is 76.9 cm³/mol. The summed E-state index contributed by atoms with van der Waals surface area (Å²) in [6.45, 7) is 2.97. The highest BCUT2D eigenvalue weighted by atomic mass is 16.5. The molecule has 0 radical (unpaired) electrons. The Balaban J connectivity index is 1.45. The van der Waals surface area contributed by atoms with Gasteiger partial charge < -0.3 is 10.1 Å². The Hall–Kier alpha value is -0.0800. The Morgan fingerprint density at radius 1 is 0.778 bits per heavy atom. The van der Waals surface area contributed by atoms with E-state index in [9.17, 15) is 0 Å². The second-order valence-corrected chi connectivity index (χ2v) is 6.22. The molecule has 0 aromatic carbocycles. The van der Waals surface area contributed by atoms with Crippen LogP contribution in [0.2, 0.25) is 0 Å². The Morgan fingerprint density at radius 3 is 2.11 bits per heavy atom. The Bertz CT molecular complexity index is 193. The van der Waals surface area contributed by atoms with Gasteiger partial charge in [-0.25, -0.2) is 0 Å². The van der Waals surface area contributed by atoms with Gasteiger partial charge in [-0.2, -0.15) is 0 Å². The summed E-state index contributed by atoms with van der Waals surface area (Å²) >= 11 is 0. The van der Waals surface area contributed by atoms with Crippen molar-refractivity contribution in [3.05, 3.63) is 0 Å². The molecule has 0 bridgehead atoms. The molecule has 1 N–H and O–H groups in total. The summed E-state index contributed by atoms with van der Waals surface area (Å²) in [5, 5.41) is 3.67. The van der Waals surface area contributed by atoms with Crippen molar-refractivity contribution in [1.82, 2.24) is 5.32 Å². The van der Waals surface area contributed by atoms with Crippen LogP contribution in [-0.4, -0.2) is 25.8 Å². The summed E-state index contributed by atoms with van der Waals surface area (Å²) in [5.41, 5.74) is 0. The van der Waals surface area contributed by atoms with Crippen molar-refractivity contribution in [1.29, 1.82) is 0 Å². The van der Waals surface area contributed by atoms with E-state index in [4.69, 9.17) is 4.74 Å². The van der Waals surface area contributed by atoms with E-state index in [0.717, 1.165) is 31.7 Å². The number of ether oxygens (including phenoxy) is 1. The van der Waals surface area contributed by atoms with Crippen LogP contribution in [0.5, 0.6) is 0 Å². The van der Waals surface area contributed by atoms with Gasteiger partial charge in [-0.15, -0.1) is 0 Å². The third-order valence-electron chi connectivity index (χ3n) is 4.61. The Morgan fingerprint density at radius 2 is 1.39 bits per heavy atom. The van der Waals surface area contributed by atoms with Crippen molar-refractivity contribution in [2.45, 2.75) is 76.7 Å². The van der Waals surface area contributed by atoms with E-state index in [1.165, 1.54) is 70.6 Å². The maximum absolute atomic E-state index is 5.83. The van der Waals surface area contributed by atoms with Crippen LogP contribution in [0.3, 0.4) is 0 Å². The van der Waals surface area contributed by atoms with Gasteiger partial charge in [0, 0.05) is 19.2 Å². The average Bonchev–Trinajstić information content (AvgIpc) is 2.68. The third kappa shape index (κ3) is 5.71. The predicted octanol–water partition coefficient (Wildman–Crippen LogP) is 3.90. The van der Waals surface area contributed by atoms with Gasteiger partial charge in [0.05, 0.1) is 6.61 Å². The Labute approximate surface area is 113 Å². The molecule has 0 saturated heterocycles. The fourth-order valence-electron chi connectivity index (χ4n) is 3.42. The maximum Gasteiger partial charge on any atom is 0.0591 e. The molecular formula is C16H31NO. The molecule has 0 spiro atoms. The highest BCUT2D eigenvalue weighted by Crippen LogP contribution is 2.23. The van der Waals surface area contributed by atoms with Gasteiger partial charge in [0.15, 0.2) is 0 Å². The van der Waals surface area contributed by atoms with Crippen LogP contribution in [-0.2, 0) is 4.74 Å². The fraction of sp³-hybridized carbons (Fsp3) is 1.00. The van der Waals surface area contributed by atoms with Crippen molar-refractivity contribution < 1.29 is 4.74 Å². The van der Waals surface area contributed by atoms with E-state index in [0.29, 0.717) is 0 Å². The molecule has 0 aliphatic heterocycles. The van der Waals surface area contributed by atoms with Gasteiger partial charge >= 0.3 is 0 Å². The minimum Gasteiger partial charge on any atom is -0.380 e. The summed E-state index contributed by atoms with van der Waals surface area (Å²) in [6.07, 6.45) is 15.6. The van der Waals surface area contributed by atoms with E-state index < -0.39 is 0 Å². The van der Waals surface area contributed by atoms with E-state index in [2.05, 4.69) is 5.32 Å². The number of rotatable bonds is 6. The molecule has 0 aromatic rings. The first-order valence-electron chi connectivity index (χ1n) is 8.26. The number of nitrogens with one attached hydrogen (secondary N) is 1. The minimum atomic E-state index is 0.769. The lowest BCUT2D eigenvalue weighted by Gasteiger charge is -2.22. The van der Waals surface area contributed by atoms with Crippen LogP contribution in [0.15, 0.2) is 0 Å².